The topological polar surface area (TPSA) is 18.5 Å². The number of nitrogens with one attached hydrogen (secondary N) is 1. The van der Waals surface area contributed by atoms with Gasteiger partial charge in [-0.3, -0.25) is 4.90 Å². The minimum Gasteiger partial charge on any atom is -0.313 e. The van der Waals surface area contributed by atoms with Crippen LogP contribution < -0.4 is 5.32 Å². The number of nitrogens with zero attached hydrogens (tertiary/aromatic N) is 2. The molecule has 0 aromatic carbocycles. The van der Waals surface area contributed by atoms with Gasteiger partial charge in [-0.1, -0.05) is 6.92 Å². The van der Waals surface area contributed by atoms with Crippen LogP contribution in [0.5, 0.6) is 0 Å². The van der Waals surface area contributed by atoms with Crippen molar-refractivity contribution in [3.05, 3.63) is 0 Å². The molecule has 2 atom stereocenters. The minimum atomic E-state index is 0.767. The van der Waals surface area contributed by atoms with Gasteiger partial charge in [0, 0.05) is 25.2 Å². The number of rotatable bonds is 5. The highest BCUT2D eigenvalue weighted by Gasteiger charge is 2.34. The summed E-state index contributed by atoms with van der Waals surface area (Å²) in [7, 11) is 0. The average molecular weight is 251 g/mol. The fourth-order valence-electron chi connectivity index (χ4n) is 3.87. The van der Waals surface area contributed by atoms with Gasteiger partial charge in [0.1, 0.15) is 0 Å². The van der Waals surface area contributed by atoms with E-state index in [0.717, 1.165) is 24.5 Å². The van der Waals surface area contributed by atoms with E-state index in [4.69, 9.17) is 0 Å². The Morgan fingerprint density at radius 3 is 2.72 bits per heavy atom. The highest BCUT2D eigenvalue weighted by atomic mass is 15.3. The molecule has 1 N–H and O–H groups in total. The lowest BCUT2D eigenvalue weighted by Gasteiger charge is -2.29. The van der Waals surface area contributed by atoms with Crippen molar-refractivity contribution < 1.29 is 0 Å². The summed E-state index contributed by atoms with van der Waals surface area (Å²) in [5.74, 6) is 0.980. The third kappa shape index (κ3) is 3.06. The fraction of sp³-hybridized carbons (Fsp3) is 1.00. The first-order valence-electron chi connectivity index (χ1n) is 8.06. The average Bonchev–Trinajstić information content (AvgIpc) is 3.14. The number of likely N-dealkylation sites (N-methyl/N-ethyl adjacent to an activating group) is 1. The molecule has 3 fully saturated rings. The molecule has 0 spiro atoms. The van der Waals surface area contributed by atoms with Crippen molar-refractivity contribution in [1.29, 1.82) is 0 Å². The molecular formula is C15H29N3. The number of fused-ring (bicyclic) bond motifs is 1. The number of hydrogen-bond donors (Lipinski definition) is 1. The van der Waals surface area contributed by atoms with Crippen LogP contribution in [0.2, 0.25) is 0 Å². The van der Waals surface area contributed by atoms with Gasteiger partial charge in [0.05, 0.1) is 0 Å². The van der Waals surface area contributed by atoms with Crippen LogP contribution in [-0.2, 0) is 0 Å². The summed E-state index contributed by atoms with van der Waals surface area (Å²) < 4.78 is 0. The molecule has 2 unspecified atom stereocenters. The zero-order chi connectivity index (χ0) is 12.4. The third-order valence-corrected chi connectivity index (χ3v) is 5.00. The highest BCUT2D eigenvalue weighted by molar-refractivity contribution is 4.91. The van der Waals surface area contributed by atoms with Crippen LogP contribution >= 0.6 is 0 Å². The Balaban J connectivity index is 1.54. The Bertz CT molecular complexity index is 264. The van der Waals surface area contributed by atoms with Gasteiger partial charge in [-0.2, -0.15) is 0 Å². The summed E-state index contributed by atoms with van der Waals surface area (Å²) in [6.45, 7) is 10.0. The van der Waals surface area contributed by atoms with E-state index in [-0.39, 0.29) is 0 Å². The van der Waals surface area contributed by atoms with E-state index in [0.29, 0.717) is 0 Å². The summed E-state index contributed by atoms with van der Waals surface area (Å²) >= 11 is 0. The van der Waals surface area contributed by atoms with E-state index >= 15 is 0 Å². The Hall–Kier alpha value is -0.120. The van der Waals surface area contributed by atoms with Gasteiger partial charge in [-0.05, 0) is 64.2 Å². The SMILES string of the molecule is CCNC(CN1CCCN2CCCC2C1)C1CC1. The van der Waals surface area contributed by atoms with Gasteiger partial charge in [0.25, 0.3) is 0 Å². The summed E-state index contributed by atoms with van der Waals surface area (Å²) in [4.78, 5) is 5.49. The van der Waals surface area contributed by atoms with Gasteiger partial charge < -0.3 is 10.2 Å². The Morgan fingerprint density at radius 2 is 1.94 bits per heavy atom. The molecule has 2 aliphatic heterocycles. The molecule has 0 radical (unpaired) electrons. The summed E-state index contributed by atoms with van der Waals surface area (Å²) in [5, 5.41) is 3.72. The van der Waals surface area contributed by atoms with Gasteiger partial charge in [-0.25, -0.2) is 0 Å². The van der Waals surface area contributed by atoms with Crippen molar-refractivity contribution in [3.63, 3.8) is 0 Å². The zero-order valence-electron chi connectivity index (χ0n) is 11.9. The van der Waals surface area contributed by atoms with Crippen LogP contribution in [0.25, 0.3) is 0 Å². The first kappa shape index (κ1) is 12.9. The second-order valence-electron chi connectivity index (χ2n) is 6.45. The Labute approximate surface area is 112 Å². The molecule has 3 aliphatic rings. The molecule has 2 saturated heterocycles. The van der Waals surface area contributed by atoms with Crippen molar-refractivity contribution in [3.8, 4) is 0 Å². The van der Waals surface area contributed by atoms with E-state index in [9.17, 15) is 0 Å². The van der Waals surface area contributed by atoms with Crippen molar-refractivity contribution in [1.82, 2.24) is 15.1 Å². The van der Waals surface area contributed by atoms with Crippen LogP contribution in [0.15, 0.2) is 0 Å². The zero-order valence-corrected chi connectivity index (χ0v) is 11.9. The Morgan fingerprint density at radius 1 is 1.11 bits per heavy atom. The smallest absolute Gasteiger partial charge is 0.0223 e. The molecule has 1 saturated carbocycles. The molecule has 3 rings (SSSR count). The lowest BCUT2D eigenvalue weighted by molar-refractivity contribution is 0.200. The second-order valence-corrected chi connectivity index (χ2v) is 6.45. The molecule has 0 amide bonds. The second kappa shape index (κ2) is 5.89. The predicted octanol–water partition coefficient (Wildman–Crippen LogP) is 1.54. The molecule has 3 nitrogen and oxygen atoms in total. The summed E-state index contributed by atoms with van der Waals surface area (Å²) in [5.41, 5.74) is 0. The lowest BCUT2D eigenvalue weighted by Crippen LogP contribution is -2.45. The Kier molecular flexibility index (Phi) is 4.22. The van der Waals surface area contributed by atoms with Crippen LogP contribution in [0.4, 0.5) is 0 Å². The minimum absolute atomic E-state index is 0.767. The maximum absolute atomic E-state index is 3.72. The van der Waals surface area contributed by atoms with Crippen molar-refractivity contribution >= 4 is 0 Å². The van der Waals surface area contributed by atoms with Crippen molar-refractivity contribution in [2.45, 2.75) is 51.1 Å². The van der Waals surface area contributed by atoms with Crippen molar-refractivity contribution in [2.75, 3.05) is 39.3 Å². The monoisotopic (exact) mass is 251 g/mol. The molecule has 18 heavy (non-hydrogen) atoms. The van der Waals surface area contributed by atoms with E-state index in [1.54, 1.807) is 0 Å². The standard InChI is InChI=1S/C15H29N3/c1-2-16-15(13-6-7-13)12-17-8-4-10-18-9-3-5-14(18)11-17/h13-16H,2-12H2,1H3. The van der Waals surface area contributed by atoms with E-state index in [1.165, 1.54) is 64.8 Å². The molecule has 3 heteroatoms. The summed E-state index contributed by atoms with van der Waals surface area (Å²) in [6.07, 6.45) is 7.16. The van der Waals surface area contributed by atoms with E-state index < -0.39 is 0 Å². The molecule has 2 heterocycles. The number of hydrogen-bond acceptors (Lipinski definition) is 3. The van der Waals surface area contributed by atoms with E-state index in [2.05, 4.69) is 22.0 Å². The van der Waals surface area contributed by atoms with Crippen molar-refractivity contribution in [2.24, 2.45) is 5.92 Å². The normalized spacial score (nSPS) is 32.2. The largest absolute Gasteiger partial charge is 0.313 e. The molecular weight excluding hydrogens is 222 g/mol. The van der Waals surface area contributed by atoms with Gasteiger partial charge in [0.15, 0.2) is 0 Å². The highest BCUT2D eigenvalue weighted by Crippen LogP contribution is 2.33. The molecule has 1 aliphatic carbocycles. The fourth-order valence-corrected chi connectivity index (χ4v) is 3.87. The molecule has 0 aromatic heterocycles. The van der Waals surface area contributed by atoms with Crippen LogP contribution in [0.1, 0.15) is 39.0 Å². The molecule has 0 aromatic rings. The quantitative estimate of drug-likeness (QED) is 0.800. The van der Waals surface area contributed by atoms with Crippen LogP contribution in [0, 0.1) is 5.92 Å². The van der Waals surface area contributed by atoms with E-state index in [1.807, 2.05) is 0 Å². The first-order valence-corrected chi connectivity index (χ1v) is 8.06. The third-order valence-electron chi connectivity index (χ3n) is 5.00. The predicted molar refractivity (Wildman–Crippen MR) is 75.8 cm³/mol. The first-order chi connectivity index (χ1) is 8.86. The summed E-state index contributed by atoms with van der Waals surface area (Å²) in [6, 6.07) is 1.64. The van der Waals surface area contributed by atoms with Crippen LogP contribution in [0.3, 0.4) is 0 Å². The lowest BCUT2D eigenvalue weighted by atomic mass is 10.1. The van der Waals surface area contributed by atoms with Crippen LogP contribution in [-0.4, -0.2) is 61.2 Å². The van der Waals surface area contributed by atoms with Gasteiger partial charge >= 0.3 is 0 Å². The molecule has 104 valence electrons. The van der Waals surface area contributed by atoms with Gasteiger partial charge in [0.2, 0.25) is 0 Å². The maximum atomic E-state index is 3.72. The maximum Gasteiger partial charge on any atom is 0.0223 e. The van der Waals surface area contributed by atoms with Gasteiger partial charge in [-0.15, -0.1) is 0 Å². The molecule has 0 bridgehead atoms.